The largest absolute Gasteiger partial charge is 0.383 e. The van der Waals surface area contributed by atoms with Crippen molar-refractivity contribution in [2.45, 2.75) is 33.2 Å². The van der Waals surface area contributed by atoms with Crippen LogP contribution in [0.4, 0.5) is 5.82 Å². The van der Waals surface area contributed by atoms with Gasteiger partial charge in [-0.05, 0) is 24.5 Å². The monoisotopic (exact) mass is 254 g/mol. The number of nitrogens with zero attached hydrogens (tertiary/aromatic N) is 3. The maximum atomic E-state index is 9.18. The average molecular weight is 254 g/mol. The number of rotatable bonds is 4. The Kier molecular flexibility index (Phi) is 3.86. The fraction of sp³-hybridized carbons (Fsp3) is 0.333. The summed E-state index contributed by atoms with van der Waals surface area (Å²) in [7, 11) is 0. The third-order valence-corrected chi connectivity index (χ3v) is 3.24. The molecule has 2 N–H and O–H groups in total. The Hall–Kier alpha value is -2.28. The molecule has 1 heterocycles. The van der Waals surface area contributed by atoms with Crippen molar-refractivity contribution in [3.05, 3.63) is 46.6 Å². The number of aromatic nitrogens is 2. The molecule has 0 unspecified atom stereocenters. The van der Waals surface area contributed by atoms with E-state index in [-0.39, 0.29) is 0 Å². The van der Waals surface area contributed by atoms with E-state index in [1.165, 1.54) is 11.1 Å². The molecule has 0 spiro atoms. The highest BCUT2D eigenvalue weighted by Crippen LogP contribution is 2.19. The summed E-state index contributed by atoms with van der Waals surface area (Å²) >= 11 is 0. The zero-order valence-electron chi connectivity index (χ0n) is 11.3. The summed E-state index contributed by atoms with van der Waals surface area (Å²) < 4.78 is 1.73. The number of benzene rings is 1. The molecule has 0 aliphatic rings. The molecule has 0 saturated carbocycles. The van der Waals surface area contributed by atoms with Gasteiger partial charge in [0.15, 0.2) is 0 Å². The predicted octanol–water partition coefficient (Wildman–Crippen LogP) is 2.65. The van der Waals surface area contributed by atoms with Crippen molar-refractivity contribution in [3.8, 4) is 6.07 Å². The van der Waals surface area contributed by atoms with E-state index in [9.17, 15) is 5.26 Å². The summed E-state index contributed by atoms with van der Waals surface area (Å²) in [6, 6.07) is 10.3. The van der Waals surface area contributed by atoms with Crippen LogP contribution < -0.4 is 5.73 Å². The van der Waals surface area contributed by atoms with Gasteiger partial charge in [0.2, 0.25) is 0 Å². The van der Waals surface area contributed by atoms with Gasteiger partial charge in [0.05, 0.1) is 12.2 Å². The van der Waals surface area contributed by atoms with Gasteiger partial charge in [0.1, 0.15) is 17.5 Å². The van der Waals surface area contributed by atoms with E-state index in [1.54, 1.807) is 4.68 Å². The Morgan fingerprint density at radius 3 is 2.74 bits per heavy atom. The minimum Gasteiger partial charge on any atom is -0.383 e. The first-order valence-electron chi connectivity index (χ1n) is 6.47. The molecule has 0 bridgehead atoms. The Bertz CT molecular complexity index is 620. The molecule has 0 aliphatic heterocycles. The summed E-state index contributed by atoms with van der Waals surface area (Å²) in [5, 5.41) is 13.7. The predicted molar refractivity (Wildman–Crippen MR) is 75.6 cm³/mol. The normalized spacial score (nSPS) is 10.4. The van der Waals surface area contributed by atoms with Crippen molar-refractivity contribution in [1.29, 1.82) is 5.26 Å². The molecule has 0 aliphatic carbocycles. The molecule has 0 saturated heterocycles. The smallest absolute Gasteiger partial charge is 0.140 e. The van der Waals surface area contributed by atoms with E-state index < -0.39 is 0 Å². The zero-order valence-corrected chi connectivity index (χ0v) is 11.3. The van der Waals surface area contributed by atoms with E-state index >= 15 is 0 Å². The highest BCUT2D eigenvalue weighted by molar-refractivity contribution is 5.52. The standard InChI is InChI=1S/C15H18N4/c1-3-6-14-13(9-16)15(17)19(18-14)10-12-8-5-4-7-11(12)2/h4-5,7-8H,3,6,10,17H2,1-2H3. The van der Waals surface area contributed by atoms with Gasteiger partial charge in [-0.15, -0.1) is 0 Å². The second kappa shape index (κ2) is 5.57. The number of nitriles is 1. The van der Waals surface area contributed by atoms with Gasteiger partial charge in [-0.3, -0.25) is 0 Å². The van der Waals surface area contributed by atoms with Crippen molar-refractivity contribution >= 4 is 5.82 Å². The lowest BCUT2D eigenvalue weighted by Gasteiger charge is -2.07. The van der Waals surface area contributed by atoms with Gasteiger partial charge in [0, 0.05) is 0 Å². The van der Waals surface area contributed by atoms with E-state index in [0.717, 1.165) is 18.5 Å². The first-order valence-corrected chi connectivity index (χ1v) is 6.47. The van der Waals surface area contributed by atoms with Crippen LogP contribution in [0.2, 0.25) is 0 Å². The number of hydrogen-bond acceptors (Lipinski definition) is 3. The average Bonchev–Trinajstić information content (AvgIpc) is 2.69. The molecule has 0 atom stereocenters. The molecular formula is C15H18N4. The van der Waals surface area contributed by atoms with E-state index in [0.29, 0.717) is 17.9 Å². The molecule has 2 rings (SSSR count). The maximum absolute atomic E-state index is 9.18. The quantitative estimate of drug-likeness (QED) is 0.912. The Morgan fingerprint density at radius 1 is 1.37 bits per heavy atom. The van der Waals surface area contributed by atoms with Crippen molar-refractivity contribution in [2.24, 2.45) is 0 Å². The van der Waals surface area contributed by atoms with Crippen LogP contribution in [0.3, 0.4) is 0 Å². The van der Waals surface area contributed by atoms with Crippen LogP contribution in [0.15, 0.2) is 24.3 Å². The third-order valence-electron chi connectivity index (χ3n) is 3.24. The Labute approximate surface area is 113 Å². The molecule has 4 heteroatoms. The van der Waals surface area contributed by atoms with Crippen LogP contribution in [0, 0.1) is 18.3 Å². The fourth-order valence-electron chi connectivity index (χ4n) is 2.13. The van der Waals surface area contributed by atoms with Crippen LogP contribution in [0.5, 0.6) is 0 Å². The Morgan fingerprint density at radius 2 is 2.11 bits per heavy atom. The van der Waals surface area contributed by atoms with Crippen LogP contribution in [0.25, 0.3) is 0 Å². The van der Waals surface area contributed by atoms with Crippen LogP contribution >= 0.6 is 0 Å². The molecule has 98 valence electrons. The summed E-state index contributed by atoms with van der Waals surface area (Å²) in [4.78, 5) is 0. The second-order valence-electron chi connectivity index (χ2n) is 4.65. The lowest BCUT2D eigenvalue weighted by molar-refractivity contribution is 0.674. The van der Waals surface area contributed by atoms with Gasteiger partial charge < -0.3 is 5.73 Å². The SMILES string of the molecule is CCCc1nn(Cc2ccccc2C)c(N)c1C#N. The van der Waals surface area contributed by atoms with E-state index in [2.05, 4.69) is 37.1 Å². The summed E-state index contributed by atoms with van der Waals surface area (Å²) in [5.41, 5.74) is 9.72. The van der Waals surface area contributed by atoms with Crippen molar-refractivity contribution in [1.82, 2.24) is 9.78 Å². The molecule has 0 radical (unpaired) electrons. The highest BCUT2D eigenvalue weighted by Gasteiger charge is 2.15. The van der Waals surface area contributed by atoms with Crippen LogP contribution in [-0.4, -0.2) is 9.78 Å². The third kappa shape index (κ3) is 2.60. The lowest BCUT2D eigenvalue weighted by Crippen LogP contribution is -2.07. The lowest BCUT2D eigenvalue weighted by atomic mass is 10.1. The van der Waals surface area contributed by atoms with Gasteiger partial charge in [-0.25, -0.2) is 4.68 Å². The number of aryl methyl sites for hydroxylation is 2. The summed E-state index contributed by atoms with van der Waals surface area (Å²) in [5.74, 6) is 0.467. The molecule has 4 nitrogen and oxygen atoms in total. The van der Waals surface area contributed by atoms with Crippen molar-refractivity contribution in [3.63, 3.8) is 0 Å². The minimum absolute atomic E-state index is 0.467. The van der Waals surface area contributed by atoms with Crippen molar-refractivity contribution in [2.75, 3.05) is 5.73 Å². The van der Waals surface area contributed by atoms with Crippen molar-refractivity contribution < 1.29 is 0 Å². The molecular weight excluding hydrogens is 236 g/mol. The fourth-order valence-corrected chi connectivity index (χ4v) is 2.13. The minimum atomic E-state index is 0.467. The molecule has 0 amide bonds. The first kappa shape index (κ1) is 13.2. The van der Waals surface area contributed by atoms with Crippen LogP contribution in [0.1, 0.15) is 35.7 Å². The van der Waals surface area contributed by atoms with Gasteiger partial charge in [-0.1, -0.05) is 37.6 Å². The topological polar surface area (TPSA) is 67.6 Å². The summed E-state index contributed by atoms with van der Waals surface area (Å²) in [6.45, 7) is 4.74. The number of anilines is 1. The number of nitrogens with two attached hydrogens (primary N) is 1. The van der Waals surface area contributed by atoms with Gasteiger partial charge in [-0.2, -0.15) is 10.4 Å². The number of nitrogen functional groups attached to an aromatic ring is 1. The van der Waals surface area contributed by atoms with Gasteiger partial charge in [0.25, 0.3) is 0 Å². The molecule has 1 aromatic heterocycles. The first-order chi connectivity index (χ1) is 9.17. The molecule has 0 fully saturated rings. The van der Waals surface area contributed by atoms with Crippen LogP contribution in [-0.2, 0) is 13.0 Å². The second-order valence-corrected chi connectivity index (χ2v) is 4.65. The molecule has 2 aromatic rings. The molecule has 19 heavy (non-hydrogen) atoms. The maximum Gasteiger partial charge on any atom is 0.140 e. The molecule has 1 aromatic carbocycles. The van der Waals surface area contributed by atoms with E-state index in [4.69, 9.17) is 5.73 Å². The highest BCUT2D eigenvalue weighted by atomic mass is 15.3. The van der Waals surface area contributed by atoms with Gasteiger partial charge >= 0.3 is 0 Å². The zero-order chi connectivity index (χ0) is 13.8. The Balaban J connectivity index is 2.36. The van der Waals surface area contributed by atoms with E-state index in [1.807, 2.05) is 12.1 Å². The summed E-state index contributed by atoms with van der Waals surface area (Å²) in [6.07, 6.45) is 1.74. The number of hydrogen-bond donors (Lipinski definition) is 1.